The quantitative estimate of drug-likeness (QED) is 0.0882. The van der Waals surface area contributed by atoms with E-state index < -0.39 is 48.8 Å². The lowest BCUT2D eigenvalue weighted by atomic mass is 9.76. The van der Waals surface area contributed by atoms with Gasteiger partial charge in [-0.15, -0.1) is 5.06 Å². The summed E-state index contributed by atoms with van der Waals surface area (Å²) in [6, 6.07) is 9.12. The number of likely N-dealkylation sites (N-methyl/N-ethyl adjacent to an activating group) is 1. The monoisotopic (exact) mass is 816 g/mol. The van der Waals surface area contributed by atoms with Crippen molar-refractivity contribution < 1.29 is 59.2 Å². The van der Waals surface area contributed by atoms with Gasteiger partial charge >= 0.3 is 5.97 Å². The molecule has 2 unspecified atom stereocenters. The number of hydrogen-bond donors (Lipinski definition) is 2. The number of allylic oxidation sites excluding steroid dienone is 4. The Morgan fingerprint density at radius 3 is 2.04 bits per heavy atom. The molecule has 0 saturated carbocycles. The Kier molecular flexibility index (Phi) is 13.1. The van der Waals surface area contributed by atoms with Crippen molar-refractivity contribution in [1.82, 2.24) is 5.06 Å². The van der Waals surface area contributed by atoms with Crippen LogP contribution in [0, 0.1) is 0 Å². The molecule has 0 spiro atoms. The second kappa shape index (κ2) is 17.1. The molecule has 2 amide bonds. The molecule has 15 nitrogen and oxygen atoms in total. The zero-order valence-corrected chi connectivity index (χ0v) is 33.9. The third-order valence-electron chi connectivity index (χ3n) is 10.9. The van der Waals surface area contributed by atoms with E-state index in [9.17, 15) is 40.3 Å². The van der Waals surface area contributed by atoms with Gasteiger partial charge in [0, 0.05) is 94.2 Å². The van der Waals surface area contributed by atoms with Gasteiger partial charge in [0.2, 0.25) is 5.69 Å². The second-order valence-corrected chi connectivity index (χ2v) is 17.3. The number of nitrogens with zero attached hydrogens (tertiary/aromatic N) is 3. The summed E-state index contributed by atoms with van der Waals surface area (Å²) in [4.78, 5) is 42.7. The molecule has 0 aromatic heterocycles. The molecule has 2 aromatic rings. The van der Waals surface area contributed by atoms with Crippen LogP contribution in [0.1, 0.15) is 83.3 Å². The molecule has 56 heavy (non-hydrogen) atoms. The lowest BCUT2D eigenvalue weighted by Gasteiger charge is -2.29. The molecular formula is C39H50N3O12S2+. The molecule has 1 fully saturated rings. The molecule has 17 heteroatoms. The molecule has 2 atom stereocenters. The van der Waals surface area contributed by atoms with Crippen LogP contribution in [0.3, 0.4) is 0 Å². The Morgan fingerprint density at radius 1 is 0.857 bits per heavy atom. The van der Waals surface area contributed by atoms with E-state index in [1.54, 1.807) is 26.4 Å². The summed E-state index contributed by atoms with van der Waals surface area (Å²) in [7, 11) is -5.80. The first-order chi connectivity index (χ1) is 26.4. The number of benzene rings is 2. The fraction of sp³-hybridized carbons (Fsp3) is 0.487. The van der Waals surface area contributed by atoms with E-state index in [0.29, 0.717) is 69.0 Å². The number of imide groups is 1. The van der Waals surface area contributed by atoms with Gasteiger partial charge in [-0.25, -0.2) is 4.79 Å². The molecule has 3 aliphatic heterocycles. The minimum absolute atomic E-state index is 0.00481. The number of carbonyl (C=O) groups excluding carboxylic acids is 3. The van der Waals surface area contributed by atoms with E-state index in [-0.39, 0.29) is 29.1 Å². The van der Waals surface area contributed by atoms with Crippen molar-refractivity contribution in [3.05, 3.63) is 71.5 Å². The maximum absolute atomic E-state index is 12.4. The van der Waals surface area contributed by atoms with Crippen LogP contribution in [0.4, 0.5) is 11.4 Å². The van der Waals surface area contributed by atoms with Crippen molar-refractivity contribution in [2.75, 3.05) is 45.4 Å². The van der Waals surface area contributed by atoms with E-state index >= 15 is 0 Å². The average Bonchev–Trinajstić information content (AvgIpc) is 3.68. The zero-order chi connectivity index (χ0) is 41.1. The lowest BCUT2D eigenvalue weighted by molar-refractivity contribution is -0.438. The molecule has 304 valence electrons. The number of hydroxylamine groups is 2. The minimum atomic E-state index is -4.52. The molecule has 3 aliphatic rings. The fourth-order valence-electron chi connectivity index (χ4n) is 7.86. The van der Waals surface area contributed by atoms with Crippen molar-refractivity contribution >= 4 is 55.1 Å². The number of unbranched alkanes of at least 4 members (excludes halogenated alkanes) is 2. The summed E-state index contributed by atoms with van der Waals surface area (Å²) >= 11 is 0. The number of fused-ring (bicyclic) bond motifs is 2. The maximum atomic E-state index is 12.4. The van der Waals surface area contributed by atoms with Gasteiger partial charge in [0.05, 0.1) is 15.2 Å². The number of amides is 2. The highest BCUT2D eigenvalue weighted by Gasteiger charge is 2.48. The van der Waals surface area contributed by atoms with Gasteiger partial charge in [0.25, 0.3) is 32.1 Å². The van der Waals surface area contributed by atoms with E-state index in [1.807, 2.05) is 39.0 Å². The van der Waals surface area contributed by atoms with Crippen molar-refractivity contribution in [2.24, 2.45) is 0 Å². The lowest BCUT2D eigenvalue weighted by Crippen LogP contribution is -2.33. The summed E-state index contributed by atoms with van der Waals surface area (Å²) in [6.07, 6.45) is 8.50. The third kappa shape index (κ3) is 8.67. The topological polar surface area (TPSA) is 197 Å². The first kappa shape index (κ1) is 42.9. The average molecular weight is 817 g/mol. The van der Waals surface area contributed by atoms with E-state index in [4.69, 9.17) is 14.3 Å². The first-order valence-electron chi connectivity index (χ1n) is 18.5. The number of methoxy groups -OCH3 is 2. The normalized spacial score (nSPS) is 21.9. The van der Waals surface area contributed by atoms with Gasteiger partial charge in [-0.2, -0.15) is 21.4 Å². The largest absolute Gasteiger partial charge is 0.385 e. The van der Waals surface area contributed by atoms with Crippen LogP contribution in [0.25, 0.3) is 0 Å². The van der Waals surface area contributed by atoms with Crippen LogP contribution < -0.4 is 4.90 Å². The second-order valence-electron chi connectivity index (χ2n) is 14.5. The standard InChI is InChI=1S/C39H49N3O12S2/c1-6-40-31-16-14-27(55(46,47)48)25-29(31)38(2,20-23-52-4)33(40)11-10-12-34-39(3,21-24-53-5)30-26-28(56(49,50)51)15-17-32(30)41(34)22-9-7-8-13-37(45)54-42-35(43)18-19-36(42)44/h10-12,14-17,25-26H,6-9,13,18-24H2,1-5H3,(H-,46,47,48,49,50,51)/p+1. The molecule has 0 bridgehead atoms. The van der Waals surface area contributed by atoms with Gasteiger partial charge in [-0.3, -0.25) is 18.7 Å². The highest BCUT2D eigenvalue weighted by atomic mass is 32.2. The molecule has 3 heterocycles. The fourth-order valence-corrected chi connectivity index (χ4v) is 8.87. The smallest absolute Gasteiger partial charge is 0.333 e. The number of anilines is 1. The molecule has 2 N–H and O–H groups in total. The predicted octanol–water partition coefficient (Wildman–Crippen LogP) is 5.01. The SMILES string of the molecule is CCN1/C(=C/C=C/C2=[N+](CCCCCC(=O)ON3C(=O)CCC3=O)c3ccc(S(=O)(=O)O)cc3C2(C)CCOC)C(C)(CCOC)c2cc(S(=O)(=O)O)ccc21. The van der Waals surface area contributed by atoms with Gasteiger partial charge in [-0.1, -0.05) is 6.08 Å². The zero-order valence-electron chi connectivity index (χ0n) is 32.3. The number of hydrogen-bond acceptors (Lipinski definition) is 11. The van der Waals surface area contributed by atoms with Gasteiger partial charge < -0.3 is 19.2 Å². The Balaban J connectivity index is 1.51. The summed E-state index contributed by atoms with van der Waals surface area (Å²) in [5.74, 6) is -1.75. The molecule has 0 aliphatic carbocycles. The van der Waals surface area contributed by atoms with Crippen molar-refractivity contribution in [1.29, 1.82) is 0 Å². The van der Waals surface area contributed by atoms with Crippen LogP contribution in [-0.2, 0) is 59.8 Å². The summed E-state index contributed by atoms with van der Waals surface area (Å²) in [5, 5.41) is 0.537. The van der Waals surface area contributed by atoms with E-state index in [2.05, 4.69) is 9.48 Å². The first-order valence-corrected chi connectivity index (χ1v) is 21.4. The van der Waals surface area contributed by atoms with Crippen LogP contribution in [0.2, 0.25) is 0 Å². The van der Waals surface area contributed by atoms with E-state index in [0.717, 1.165) is 28.3 Å². The van der Waals surface area contributed by atoms with Crippen molar-refractivity contribution in [3.8, 4) is 0 Å². The van der Waals surface area contributed by atoms with Gasteiger partial charge in [0.15, 0.2) is 5.71 Å². The Labute approximate surface area is 328 Å². The van der Waals surface area contributed by atoms with Crippen LogP contribution >= 0.6 is 0 Å². The summed E-state index contributed by atoms with van der Waals surface area (Å²) < 4.78 is 81.8. The molecule has 0 radical (unpaired) electrons. The third-order valence-corrected chi connectivity index (χ3v) is 12.6. The molecular weight excluding hydrogens is 767 g/mol. The summed E-state index contributed by atoms with van der Waals surface area (Å²) in [5.41, 5.74) is 3.23. The number of rotatable bonds is 18. The maximum Gasteiger partial charge on any atom is 0.333 e. The molecule has 5 rings (SSSR count). The summed E-state index contributed by atoms with van der Waals surface area (Å²) in [6.45, 7) is 7.75. The van der Waals surface area contributed by atoms with E-state index in [1.165, 1.54) is 24.3 Å². The van der Waals surface area contributed by atoms with Gasteiger partial charge in [-0.05, 0) is 88.4 Å². The van der Waals surface area contributed by atoms with Crippen molar-refractivity contribution in [2.45, 2.75) is 92.8 Å². The highest BCUT2D eigenvalue weighted by molar-refractivity contribution is 7.86. The number of carbonyl (C=O) groups is 3. The Bertz CT molecular complexity index is 2180. The predicted molar refractivity (Wildman–Crippen MR) is 206 cm³/mol. The van der Waals surface area contributed by atoms with Crippen LogP contribution in [0.15, 0.2) is 70.1 Å². The van der Waals surface area contributed by atoms with Crippen molar-refractivity contribution in [3.63, 3.8) is 0 Å². The Morgan fingerprint density at radius 2 is 1.45 bits per heavy atom. The Hall–Kier alpha value is -4.26. The molecule has 1 saturated heterocycles. The van der Waals surface area contributed by atoms with Gasteiger partial charge in [0.1, 0.15) is 6.54 Å². The number of ether oxygens (including phenoxy) is 2. The molecule has 2 aromatic carbocycles. The highest BCUT2D eigenvalue weighted by Crippen LogP contribution is 2.51. The van der Waals surface area contributed by atoms with Crippen LogP contribution in [-0.4, -0.2) is 99.6 Å². The minimum Gasteiger partial charge on any atom is -0.385 e. The van der Waals surface area contributed by atoms with Crippen LogP contribution in [0.5, 0.6) is 0 Å².